The largest absolute Gasteiger partial charge is 0.440 e. The molecule has 0 saturated heterocycles. The molecule has 0 bridgehead atoms. The molecule has 1 aliphatic rings. The molecule has 10 heteroatoms. The Bertz CT molecular complexity index is 1190. The minimum atomic E-state index is -0.769. The summed E-state index contributed by atoms with van der Waals surface area (Å²) in [5.74, 6) is -2.03. The van der Waals surface area contributed by atoms with Gasteiger partial charge in [0, 0.05) is 19.4 Å². The summed E-state index contributed by atoms with van der Waals surface area (Å²) in [5, 5.41) is 3.38. The van der Waals surface area contributed by atoms with E-state index in [1.807, 2.05) is 7.05 Å². The van der Waals surface area contributed by atoms with E-state index in [-0.39, 0.29) is 34.0 Å². The Morgan fingerprint density at radius 3 is 2.34 bits per heavy atom. The molecule has 3 aromatic rings. The maximum absolute atomic E-state index is 12.6. The van der Waals surface area contributed by atoms with E-state index in [2.05, 4.69) is 10.3 Å². The predicted octanol–water partition coefficient (Wildman–Crippen LogP) is 2.56. The second-order valence-electron chi connectivity index (χ2n) is 6.85. The van der Waals surface area contributed by atoms with Crippen LogP contribution in [0.5, 0.6) is 0 Å². The molecule has 2 aromatic carbocycles. The zero-order valence-corrected chi connectivity index (χ0v) is 17.8. The Labute approximate surface area is 187 Å². The van der Waals surface area contributed by atoms with E-state index < -0.39 is 24.5 Å². The van der Waals surface area contributed by atoms with Crippen LogP contribution >= 0.6 is 11.8 Å². The third-order valence-electron chi connectivity index (χ3n) is 4.73. The summed E-state index contributed by atoms with van der Waals surface area (Å²) in [6.45, 7) is -0.525. The van der Waals surface area contributed by atoms with Crippen molar-refractivity contribution in [1.29, 1.82) is 0 Å². The molecule has 4 rings (SSSR count). The third-order valence-corrected chi connectivity index (χ3v) is 5.79. The van der Waals surface area contributed by atoms with Crippen molar-refractivity contribution in [3.63, 3.8) is 0 Å². The fraction of sp³-hybridized carbons (Fsp3) is 0.136. The summed E-state index contributed by atoms with van der Waals surface area (Å²) in [5.41, 5.74) is 0.919. The first kappa shape index (κ1) is 21.3. The SMILES string of the molecule is Cn1ccnc1SCC(=O)Nc1ccccc1C(=O)OCN1C(=O)c2ccccc2C1=O. The van der Waals surface area contributed by atoms with Crippen molar-refractivity contribution in [2.75, 3.05) is 17.8 Å². The molecule has 9 nitrogen and oxygen atoms in total. The van der Waals surface area contributed by atoms with Crippen LogP contribution in [-0.2, 0) is 16.6 Å². The molecule has 0 fully saturated rings. The number of nitrogens with zero attached hydrogens (tertiary/aromatic N) is 3. The zero-order chi connectivity index (χ0) is 22.7. The van der Waals surface area contributed by atoms with Crippen molar-refractivity contribution in [3.05, 3.63) is 77.6 Å². The van der Waals surface area contributed by atoms with Crippen LogP contribution < -0.4 is 5.32 Å². The standard InChI is InChI=1S/C22H18N4O5S/c1-25-11-10-23-22(25)32-12-18(27)24-17-9-5-4-8-16(17)21(30)31-13-26-19(28)14-6-2-3-7-15(14)20(26)29/h2-11H,12-13H2,1H3,(H,24,27). The number of aromatic nitrogens is 2. The molecule has 32 heavy (non-hydrogen) atoms. The Kier molecular flexibility index (Phi) is 6.04. The van der Waals surface area contributed by atoms with E-state index in [9.17, 15) is 19.2 Å². The van der Waals surface area contributed by atoms with Crippen LogP contribution in [0.15, 0.2) is 66.1 Å². The quantitative estimate of drug-likeness (QED) is 0.335. The second-order valence-corrected chi connectivity index (χ2v) is 7.79. The van der Waals surface area contributed by atoms with Crippen LogP contribution in [-0.4, -0.2) is 50.6 Å². The number of anilines is 1. The van der Waals surface area contributed by atoms with Crippen LogP contribution in [0.2, 0.25) is 0 Å². The third kappa shape index (κ3) is 4.26. The summed E-state index contributed by atoms with van der Waals surface area (Å²) >= 11 is 1.26. The molecule has 1 aliphatic heterocycles. The molecular formula is C22H18N4O5S. The molecule has 3 amide bonds. The van der Waals surface area contributed by atoms with Gasteiger partial charge < -0.3 is 14.6 Å². The number of aryl methyl sites for hydroxylation is 1. The number of amides is 3. The van der Waals surface area contributed by atoms with E-state index in [0.717, 1.165) is 4.90 Å². The number of rotatable bonds is 7. The topological polar surface area (TPSA) is 111 Å². The lowest BCUT2D eigenvalue weighted by atomic mass is 10.1. The number of carbonyl (C=O) groups is 4. The number of ether oxygens (including phenoxy) is 1. The summed E-state index contributed by atoms with van der Waals surface area (Å²) in [7, 11) is 1.83. The molecule has 0 unspecified atom stereocenters. The fourth-order valence-electron chi connectivity index (χ4n) is 3.13. The van der Waals surface area contributed by atoms with Crippen molar-refractivity contribution in [3.8, 4) is 0 Å². The average molecular weight is 450 g/mol. The van der Waals surface area contributed by atoms with Gasteiger partial charge >= 0.3 is 5.97 Å². The number of esters is 1. The first-order chi connectivity index (χ1) is 15.5. The maximum Gasteiger partial charge on any atom is 0.341 e. The van der Waals surface area contributed by atoms with E-state index in [1.54, 1.807) is 59.4 Å². The van der Waals surface area contributed by atoms with Crippen LogP contribution in [0.4, 0.5) is 5.69 Å². The van der Waals surface area contributed by atoms with Gasteiger partial charge in [-0.25, -0.2) is 14.7 Å². The fourth-order valence-corrected chi connectivity index (χ4v) is 3.87. The molecule has 162 valence electrons. The smallest absolute Gasteiger partial charge is 0.341 e. The van der Waals surface area contributed by atoms with Gasteiger partial charge in [-0.2, -0.15) is 0 Å². The Morgan fingerprint density at radius 2 is 1.69 bits per heavy atom. The number of carbonyl (C=O) groups excluding carboxylic acids is 4. The molecular weight excluding hydrogens is 432 g/mol. The summed E-state index contributed by atoms with van der Waals surface area (Å²) in [6, 6.07) is 12.8. The number of nitrogens with one attached hydrogen (secondary N) is 1. The van der Waals surface area contributed by atoms with Crippen molar-refractivity contribution < 1.29 is 23.9 Å². The van der Waals surface area contributed by atoms with Gasteiger partial charge in [-0.3, -0.25) is 14.4 Å². The van der Waals surface area contributed by atoms with Crippen LogP contribution in [0.1, 0.15) is 31.1 Å². The van der Waals surface area contributed by atoms with Gasteiger partial charge in [-0.05, 0) is 24.3 Å². The normalized spacial score (nSPS) is 12.6. The van der Waals surface area contributed by atoms with E-state index in [4.69, 9.17) is 4.74 Å². The molecule has 0 atom stereocenters. The monoisotopic (exact) mass is 450 g/mol. The molecule has 1 aromatic heterocycles. The molecule has 0 radical (unpaired) electrons. The van der Waals surface area contributed by atoms with Crippen molar-refractivity contribution in [2.24, 2.45) is 7.05 Å². The highest BCUT2D eigenvalue weighted by Crippen LogP contribution is 2.23. The van der Waals surface area contributed by atoms with E-state index >= 15 is 0 Å². The van der Waals surface area contributed by atoms with Crippen LogP contribution in [0.25, 0.3) is 0 Å². The lowest BCUT2D eigenvalue weighted by Crippen LogP contribution is -2.33. The van der Waals surface area contributed by atoms with Gasteiger partial charge in [0.25, 0.3) is 11.8 Å². The highest BCUT2D eigenvalue weighted by molar-refractivity contribution is 7.99. The van der Waals surface area contributed by atoms with Gasteiger partial charge in [-0.15, -0.1) is 0 Å². The number of hydrogen-bond acceptors (Lipinski definition) is 7. The summed E-state index contributed by atoms with van der Waals surface area (Å²) in [4.78, 5) is 54.8. The maximum atomic E-state index is 12.6. The molecule has 2 heterocycles. The number of fused-ring (bicyclic) bond motifs is 1. The van der Waals surface area contributed by atoms with Crippen molar-refractivity contribution >= 4 is 41.1 Å². The number of imide groups is 1. The Hall–Kier alpha value is -3.92. The van der Waals surface area contributed by atoms with Gasteiger partial charge in [0.05, 0.1) is 28.1 Å². The van der Waals surface area contributed by atoms with Gasteiger partial charge in [0.1, 0.15) is 0 Å². The zero-order valence-electron chi connectivity index (χ0n) is 17.0. The molecule has 0 saturated carbocycles. The molecule has 0 aliphatic carbocycles. The van der Waals surface area contributed by atoms with Gasteiger partial charge in [0.15, 0.2) is 11.9 Å². The highest BCUT2D eigenvalue weighted by Gasteiger charge is 2.36. The number of benzene rings is 2. The lowest BCUT2D eigenvalue weighted by molar-refractivity contribution is -0.113. The van der Waals surface area contributed by atoms with Crippen molar-refractivity contribution in [2.45, 2.75) is 5.16 Å². The molecule has 1 N–H and O–H groups in total. The second kappa shape index (κ2) is 9.06. The Balaban J connectivity index is 1.38. The first-order valence-corrected chi connectivity index (χ1v) is 10.6. The number of hydrogen-bond donors (Lipinski definition) is 1. The first-order valence-electron chi connectivity index (χ1n) is 9.57. The number of imidazole rings is 1. The van der Waals surface area contributed by atoms with Crippen LogP contribution in [0, 0.1) is 0 Å². The van der Waals surface area contributed by atoms with Crippen LogP contribution in [0.3, 0.4) is 0 Å². The minimum Gasteiger partial charge on any atom is -0.440 e. The average Bonchev–Trinajstić information content (AvgIpc) is 3.32. The minimum absolute atomic E-state index is 0.100. The lowest BCUT2D eigenvalue weighted by Gasteiger charge is -2.15. The van der Waals surface area contributed by atoms with Crippen molar-refractivity contribution in [1.82, 2.24) is 14.5 Å². The van der Waals surface area contributed by atoms with E-state index in [0.29, 0.717) is 5.16 Å². The summed E-state index contributed by atoms with van der Waals surface area (Å²) < 4.78 is 7.01. The van der Waals surface area contributed by atoms with Gasteiger partial charge in [0.2, 0.25) is 5.91 Å². The molecule has 0 spiro atoms. The summed E-state index contributed by atoms with van der Waals surface area (Å²) in [6.07, 6.45) is 3.42. The Morgan fingerprint density at radius 1 is 1.03 bits per heavy atom. The van der Waals surface area contributed by atoms with E-state index in [1.165, 1.54) is 17.8 Å². The highest BCUT2D eigenvalue weighted by atomic mass is 32.2. The predicted molar refractivity (Wildman–Crippen MR) is 116 cm³/mol. The van der Waals surface area contributed by atoms with Gasteiger partial charge in [-0.1, -0.05) is 36.0 Å². The number of para-hydroxylation sites is 1. The number of thioether (sulfide) groups is 1.